The third-order valence-corrected chi connectivity index (χ3v) is 4.86. The number of carbonyl (C=O) groups is 1. The lowest BCUT2D eigenvalue weighted by Crippen LogP contribution is -2.41. The highest BCUT2D eigenvalue weighted by molar-refractivity contribution is 8.22. The summed E-state index contributed by atoms with van der Waals surface area (Å²) in [6, 6.07) is 9.21. The predicted molar refractivity (Wildman–Crippen MR) is 105 cm³/mol. The Labute approximate surface area is 150 Å². The van der Waals surface area contributed by atoms with E-state index in [2.05, 4.69) is 12.3 Å². The van der Waals surface area contributed by atoms with Gasteiger partial charge in [0.1, 0.15) is 0 Å². The molecule has 0 aliphatic rings. The van der Waals surface area contributed by atoms with Crippen LogP contribution < -0.4 is 5.43 Å². The quantitative estimate of drug-likeness (QED) is 0.384. The molecule has 0 saturated carbocycles. The number of unbranched alkanes of at least 4 members (excludes halogenated alkanes) is 6. The number of carbonyl (C=O) groups excluding carboxylic acids is 1. The highest BCUT2D eigenvalue weighted by Gasteiger charge is 2.11. The van der Waals surface area contributed by atoms with Crippen LogP contribution in [0.5, 0.6) is 0 Å². The lowest BCUT2D eigenvalue weighted by atomic mass is 10.1. The number of nitrogens with one attached hydrogen (secondary N) is 1. The van der Waals surface area contributed by atoms with Crippen LogP contribution in [-0.4, -0.2) is 28.0 Å². The minimum Gasteiger partial charge on any atom is -0.280 e. The first kappa shape index (κ1) is 20.0. The van der Waals surface area contributed by atoms with Gasteiger partial charge in [-0.2, -0.15) is 0 Å². The van der Waals surface area contributed by atoms with E-state index >= 15 is 0 Å². The van der Waals surface area contributed by atoms with Crippen molar-refractivity contribution in [1.29, 1.82) is 0 Å². The molecule has 1 rings (SSSR count). The summed E-state index contributed by atoms with van der Waals surface area (Å²) in [6.45, 7) is 2.24. The summed E-state index contributed by atoms with van der Waals surface area (Å²) in [5.74, 6) is 0.928. The van der Waals surface area contributed by atoms with Gasteiger partial charge in [0.05, 0.1) is 0 Å². The van der Waals surface area contributed by atoms with E-state index in [1.54, 1.807) is 30.9 Å². The van der Waals surface area contributed by atoms with Crippen molar-refractivity contribution in [3.63, 3.8) is 0 Å². The Morgan fingerprint density at radius 3 is 2.35 bits per heavy atom. The van der Waals surface area contributed by atoms with Gasteiger partial charge in [0, 0.05) is 18.4 Å². The molecule has 1 aromatic rings. The molecule has 0 unspecified atom stereocenters. The van der Waals surface area contributed by atoms with Crippen LogP contribution >= 0.6 is 24.0 Å². The Bertz CT molecular complexity index is 465. The zero-order chi connectivity index (χ0) is 16.9. The SMILES string of the molecule is CCCCCCCCCSC(=S)NN(C)C(=O)c1ccccc1. The molecule has 0 spiro atoms. The third-order valence-electron chi connectivity index (χ3n) is 3.57. The van der Waals surface area contributed by atoms with Gasteiger partial charge in [-0.15, -0.1) is 0 Å². The van der Waals surface area contributed by atoms with Crippen molar-refractivity contribution in [1.82, 2.24) is 10.4 Å². The van der Waals surface area contributed by atoms with Gasteiger partial charge in [-0.3, -0.25) is 15.2 Å². The first-order chi connectivity index (χ1) is 11.1. The summed E-state index contributed by atoms with van der Waals surface area (Å²) in [7, 11) is 1.70. The third kappa shape index (κ3) is 8.96. The van der Waals surface area contributed by atoms with Crippen LogP contribution in [0.15, 0.2) is 30.3 Å². The molecule has 23 heavy (non-hydrogen) atoms. The number of rotatable bonds is 9. The van der Waals surface area contributed by atoms with Crippen LogP contribution in [0.2, 0.25) is 0 Å². The van der Waals surface area contributed by atoms with Gasteiger partial charge in [-0.05, 0) is 18.6 Å². The summed E-state index contributed by atoms with van der Waals surface area (Å²) >= 11 is 6.90. The average Bonchev–Trinajstić information content (AvgIpc) is 2.57. The number of hydrogen-bond acceptors (Lipinski definition) is 3. The topological polar surface area (TPSA) is 32.3 Å². The number of amides is 1. The molecule has 1 aromatic carbocycles. The second-order valence-corrected chi connectivity index (χ2v) is 7.37. The van der Waals surface area contributed by atoms with Crippen LogP contribution in [0.4, 0.5) is 0 Å². The molecule has 0 saturated heterocycles. The van der Waals surface area contributed by atoms with E-state index in [-0.39, 0.29) is 5.91 Å². The van der Waals surface area contributed by atoms with Gasteiger partial charge in [0.15, 0.2) is 4.32 Å². The van der Waals surface area contributed by atoms with E-state index in [1.807, 2.05) is 18.2 Å². The summed E-state index contributed by atoms with van der Waals surface area (Å²) in [6.07, 6.45) is 9.10. The molecule has 3 nitrogen and oxygen atoms in total. The number of hydrogen-bond donors (Lipinski definition) is 1. The van der Waals surface area contributed by atoms with Crippen molar-refractivity contribution in [2.75, 3.05) is 12.8 Å². The zero-order valence-electron chi connectivity index (χ0n) is 14.2. The number of nitrogens with zero attached hydrogens (tertiary/aromatic N) is 1. The van der Waals surface area contributed by atoms with E-state index in [0.717, 1.165) is 5.75 Å². The highest BCUT2D eigenvalue weighted by atomic mass is 32.2. The Morgan fingerprint density at radius 1 is 1.09 bits per heavy atom. The molecule has 1 N–H and O–H groups in total. The fraction of sp³-hybridized carbons (Fsp3) is 0.556. The Balaban J connectivity index is 2.12. The Morgan fingerprint density at radius 2 is 1.70 bits per heavy atom. The second-order valence-electron chi connectivity index (χ2n) is 5.60. The monoisotopic (exact) mass is 352 g/mol. The lowest BCUT2D eigenvalue weighted by Gasteiger charge is -2.19. The van der Waals surface area contributed by atoms with Crippen LogP contribution in [0.25, 0.3) is 0 Å². The van der Waals surface area contributed by atoms with E-state index < -0.39 is 0 Å². The van der Waals surface area contributed by atoms with Gasteiger partial charge in [-0.25, -0.2) is 0 Å². The molecule has 0 radical (unpaired) electrons. The normalized spacial score (nSPS) is 10.3. The number of benzene rings is 1. The van der Waals surface area contributed by atoms with Gasteiger partial charge >= 0.3 is 0 Å². The first-order valence-electron chi connectivity index (χ1n) is 8.41. The minimum atomic E-state index is -0.0792. The fourth-order valence-corrected chi connectivity index (χ4v) is 3.34. The molecule has 0 aromatic heterocycles. The summed E-state index contributed by atoms with van der Waals surface area (Å²) < 4.78 is 0.655. The van der Waals surface area contributed by atoms with Gasteiger partial charge < -0.3 is 0 Å². The number of thioether (sulfide) groups is 1. The van der Waals surface area contributed by atoms with Crippen molar-refractivity contribution in [3.8, 4) is 0 Å². The van der Waals surface area contributed by atoms with E-state index in [1.165, 1.54) is 50.0 Å². The second kappa shape index (κ2) is 12.4. The van der Waals surface area contributed by atoms with Crippen LogP contribution in [0, 0.1) is 0 Å². The molecule has 0 fully saturated rings. The van der Waals surface area contributed by atoms with Crippen LogP contribution in [0.1, 0.15) is 62.2 Å². The first-order valence-corrected chi connectivity index (χ1v) is 9.81. The van der Waals surface area contributed by atoms with Gasteiger partial charge in [-0.1, -0.05) is 87.6 Å². The smallest absolute Gasteiger partial charge is 0.271 e. The fourth-order valence-electron chi connectivity index (χ4n) is 2.22. The van der Waals surface area contributed by atoms with Crippen molar-refractivity contribution in [3.05, 3.63) is 35.9 Å². The van der Waals surface area contributed by atoms with E-state index in [9.17, 15) is 4.79 Å². The Kier molecular flexibility index (Phi) is 10.7. The molecular formula is C18H28N2OS2. The average molecular weight is 353 g/mol. The van der Waals surface area contributed by atoms with Gasteiger partial charge in [0.2, 0.25) is 0 Å². The highest BCUT2D eigenvalue weighted by Crippen LogP contribution is 2.11. The number of thiocarbonyl (C=S) groups is 1. The lowest BCUT2D eigenvalue weighted by molar-refractivity contribution is 0.0761. The molecular weight excluding hydrogens is 324 g/mol. The maximum absolute atomic E-state index is 12.2. The molecule has 1 amide bonds. The maximum Gasteiger partial charge on any atom is 0.271 e. The van der Waals surface area contributed by atoms with Crippen molar-refractivity contribution in [2.24, 2.45) is 0 Å². The molecule has 0 heterocycles. The molecule has 5 heteroatoms. The largest absolute Gasteiger partial charge is 0.280 e. The molecule has 0 atom stereocenters. The maximum atomic E-state index is 12.2. The summed E-state index contributed by atoms with van der Waals surface area (Å²) in [5.41, 5.74) is 3.63. The minimum absolute atomic E-state index is 0.0792. The van der Waals surface area contributed by atoms with Crippen molar-refractivity contribution >= 4 is 34.2 Å². The van der Waals surface area contributed by atoms with Gasteiger partial charge in [0.25, 0.3) is 5.91 Å². The summed E-state index contributed by atoms with van der Waals surface area (Å²) in [5, 5.41) is 1.45. The molecule has 0 aliphatic heterocycles. The standard InChI is InChI=1S/C18H28N2OS2/c1-3-4-5-6-7-8-12-15-23-18(22)19-20(2)17(21)16-13-10-9-11-14-16/h9-11,13-14H,3-8,12,15H2,1-2H3,(H,19,22). The Hall–Kier alpha value is -1.07. The van der Waals surface area contributed by atoms with Crippen LogP contribution in [0.3, 0.4) is 0 Å². The molecule has 0 aliphatic carbocycles. The molecule has 128 valence electrons. The van der Waals surface area contributed by atoms with E-state index in [4.69, 9.17) is 12.2 Å². The number of hydrazine groups is 1. The van der Waals surface area contributed by atoms with Crippen molar-refractivity contribution in [2.45, 2.75) is 51.9 Å². The van der Waals surface area contributed by atoms with Crippen LogP contribution in [-0.2, 0) is 0 Å². The molecule has 0 bridgehead atoms. The predicted octanol–water partition coefficient (Wildman–Crippen LogP) is 5.03. The summed E-state index contributed by atoms with van der Waals surface area (Å²) in [4.78, 5) is 12.2. The zero-order valence-corrected chi connectivity index (χ0v) is 15.8. The van der Waals surface area contributed by atoms with Crippen molar-refractivity contribution < 1.29 is 4.79 Å². The van der Waals surface area contributed by atoms with E-state index in [0.29, 0.717) is 9.88 Å².